The van der Waals surface area contributed by atoms with Crippen molar-refractivity contribution in [2.45, 2.75) is 47.6 Å². The maximum Gasteiger partial charge on any atom is 0.194 e. The topological polar surface area (TPSA) is 45.5 Å². The highest BCUT2D eigenvalue weighted by Gasteiger charge is 2.24. The van der Waals surface area contributed by atoms with Crippen LogP contribution >= 0.6 is 0 Å². The van der Waals surface area contributed by atoms with Crippen molar-refractivity contribution in [2.75, 3.05) is 19.6 Å². The van der Waals surface area contributed by atoms with Crippen molar-refractivity contribution in [3.8, 4) is 0 Å². The molecular weight excluding hydrogens is 274 g/mol. The molecule has 2 rings (SSSR count). The van der Waals surface area contributed by atoms with Gasteiger partial charge >= 0.3 is 0 Å². The Morgan fingerprint density at radius 3 is 2.41 bits per heavy atom. The van der Waals surface area contributed by atoms with Crippen LogP contribution in [0.1, 0.15) is 44.1 Å². The lowest BCUT2D eigenvalue weighted by Gasteiger charge is -2.37. The first kappa shape index (κ1) is 16.8. The SMILES string of the molecule is CCNC(=NCc1c(C)nn(C)c1C)N1CC(C)CC(C)C1. The summed E-state index contributed by atoms with van der Waals surface area (Å²) < 4.78 is 1.94. The summed E-state index contributed by atoms with van der Waals surface area (Å²) in [5.41, 5.74) is 3.54. The highest BCUT2D eigenvalue weighted by molar-refractivity contribution is 5.80. The second-order valence-corrected chi connectivity index (χ2v) is 6.79. The Balaban J connectivity index is 2.16. The standard InChI is InChI=1S/C17H31N5/c1-7-18-17(22-10-12(2)8-13(3)11-22)19-9-16-14(4)20-21(6)15(16)5/h12-13H,7-11H2,1-6H3,(H,18,19). The lowest BCUT2D eigenvalue weighted by Crippen LogP contribution is -2.48. The van der Waals surface area contributed by atoms with Crippen molar-refractivity contribution in [1.82, 2.24) is 20.0 Å². The Hall–Kier alpha value is -1.52. The Kier molecular flexibility index (Phi) is 5.48. The van der Waals surface area contributed by atoms with Gasteiger partial charge in [-0.15, -0.1) is 0 Å². The fourth-order valence-corrected chi connectivity index (χ4v) is 3.46. The number of aliphatic imine (C=N–C) groups is 1. The molecular formula is C17H31N5. The number of likely N-dealkylation sites (tertiary alicyclic amines) is 1. The van der Waals surface area contributed by atoms with Crippen molar-refractivity contribution < 1.29 is 0 Å². The zero-order chi connectivity index (χ0) is 16.3. The first-order chi connectivity index (χ1) is 10.4. The normalized spacial score (nSPS) is 23.0. The van der Waals surface area contributed by atoms with E-state index in [1.54, 1.807) is 0 Å². The van der Waals surface area contributed by atoms with Crippen LogP contribution in [0.3, 0.4) is 0 Å². The van der Waals surface area contributed by atoms with E-state index < -0.39 is 0 Å². The monoisotopic (exact) mass is 305 g/mol. The van der Waals surface area contributed by atoms with E-state index in [-0.39, 0.29) is 0 Å². The van der Waals surface area contributed by atoms with Crippen LogP contribution in [0.2, 0.25) is 0 Å². The van der Waals surface area contributed by atoms with E-state index in [0.29, 0.717) is 6.54 Å². The molecule has 2 heterocycles. The maximum absolute atomic E-state index is 4.89. The Bertz CT molecular complexity index is 521. The van der Waals surface area contributed by atoms with Gasteiger partial charge in [0.2, 0.25) is 0 Å². The summed E-state index contributed by atoms with van der Waals surface area (Å²) in [7, 11) is 1.99. The lowest BCUT2D eigenvalue weighted by molar-refractivity contribution is 0.208. The molecule has 0 amide bonds. The molecule has 5 nitrogen and oxygen atoms in total. The molecule has 0 radical (unpaired) electrons. The van der Waals surface area contributed by atoms with Crippen LogP contribution in [0.15, 0.2) is 4.99 Å². The first-order valence-electron chi connectivity index (χ1n) is 8.44. The van der Waals surface area contributed by atoms with E-state index in [1.165, 1.54) is 17.7 Å². The largest absolute Gasteiger partial charge is 0.357 e. The van der Waals surface area contributed by atoms with Gasteiger partial charge in [-0.3, -0.25) is 4.68 Å². The average Bonchev–Trinajstić information content (AvgIpc) is 2.67. The minimum absolute atomic E-state index is 0.701. The molecule has 1 aromatic heterocycles. The van der Waals surface area contributed by atoms with Crippen LogP contribution in [-0.4, -0.2) is 40.3 Å². The lowest BCUT2D eigenvalue weighted by atomic mass is 9.92. The summed E-state index contributed by atoms with van der Waals surface area (Å²) in [6.45, 7) is 14.8. The van der Waals surface area contributed by atoms with Crippen molar-refractivity contribution in [1.29, 1.82) is 0 Å². The molecule has 124 valence electrons. The second kappa shape index (κ2) is 7.16. The van der Waals surface area contributed by atoms with Gasteiger partial charge in [0.1, 0.15) is 0 Å². The third-order valence-corrected chi connectivity index (χ3v) is 4.55. The van der Waals surface area contributed by atoms with Gasteiger partial charge in [0.05, 0.1) is 12.2 Å². The molecule has 0 aromatic carbocycles. The minimum atomic E-state index is 0.701. The predicted molar refractivity (Wildman–Crippen MR) is 92.0 cm³/mol. The number of hydrogen-bond acceptors (Lipinski definition) is 2. The quantitative estimate of drug-likeness (QED) is 0.689. The number of nitrogens with one attached hydrogen (secondary N) is 1. The maximum atomic E-state index is 4.89. The van der Waals surface area contributed by atoms with Crippen LogP contribution < -0.4 is 5.32 Å². The van der Waals surface area contributed by atoms with Gasteiger partial charge in [-0.2, -0.15) is 5.10 Å². The molecule has 1 saturated heterocycles. The number of aryl methyl sites for hydroxylation is 2. The minimum Gasteiger partial charge on any atom is -0.357 e. The van der Waals surface area contributed by atoms with Gasteiger partial charge in [0.25, 0.3) is 0 Å². The Morgan fingerprint density at radius 2 is 1.91 bits per heavy atom. The zero-order valence-electron chi connectivity index (χ0n) is 15.0. The molecule has 1 aliphatic rings. The number of hydrogen-bond donors (Lipinski definition) is 1. The molecule has 1 aliphatic heterocycles. The molecule has 2 unspecified atom stereocenters. The molecule has 22 heavy (non-hydrogen) atoms. The van der Waals surface area contributed by atoms with Crippen molar-refractivity contribution >= 4 is 5.96 Å². The summed E-state index contributed by atoms with van der Waals surface area (Å²) in [4.78, 5) is 7.31. The molecule has 0 saturated carbocycles. The van der Waals surface area contributed by atoms with Gasteiger partial charge in [-0.05, 0) is 39.0 Å². The molecule has 0 aliphatic carbocycles. The molecule has 0 spiro atoms. The summed E-state index contributed by atoms with van der Waals surface area (Å²) in [5.74, 6) is 2.51. The van der Waals surface area contributed by atoms with E-state index >= 15 is 0 Å². The highest BCUT2D eigenvalue weighted by atomic mass is 15.3. The summed E-state index contributed by atoms with van der Waals surface area (Å²) in [6.07, 6.45) is 1.32. The van der Waals surface area contributed by atoms with E-state index in [1.807, 2.05) is 11.7 Å². The summed E-state index contributed by atoms with van der Waals surface area (Å²) in [6, 6.07) is 0. The molecule has 1 aromatic rings. The molecule has 5 heteroatoms. The van der Waals surface area contributed by atoms with Gasteiger partial charge in [-0.25, -0.2) is 4.99 Å². The van der Waals surface area contributed by atoms with E-state index in [2.05, 4.69) is 49.9 Å². The fourth-order valence-electron chi connectivity index (χ4n) is 3.46. The van der Waals surface area contributed by atoms with Gasteiger partial charge in [0, 0.05) is 37.9 Å². The van der Waals surface area contributed by atoms with Gasteiger partial charge < -0.3 is 10.2 Å². The van der Waals surface area contributed by atoms with Crippen LogP contribution in [0, 0.1) is 25.7 Å². The number of rotatable bonds is 3. The Labute approximate surface area is 134 Å². The van der Waals surface area contributed by atoms with Crippen LogP contribution in [0.5, 0.6) is 0 Å². The van der Waals surface area contributed by atoms with E-state index in [9.17, 15) is 0 Å². The Morgan fingerprint density at radius 1 is 1.27 bits per heavy atom. The first-order valence-corrected chi connectivity index (χ1v) is 8.44. The van der Waals surface area contributed by atoms with Gasteiger partial charge in [0.15, 0.2) is 5.96 Å². The predicted octanol–water partition coefficient (Wildman–Crippen LogP) is 2.48. The highest BCUT2D eigenvalue weighted by Crippen LogP contribution is 2.21. The number of aromatic nitrogens is 2. The molecule has 2 atom stereocenters. The third kappa shape index (κ3) is 3.81. The summed E-state index contributed by atoms with van der Waals surface area (Å²) in [5, 5.41) is 7.94. The number of piperidine rings is 1. The van der Waals surface area contributed by atoms with Gasteiger partial charge in [-0.1, -0.05) is 13.8 Å². The smallest absolute Gasteiger partial charge is 0.194 e. The fraction of sp³-hybridized carbons (Fsp3) is 0.765. The van der Waals surface area contributed by atoms with Crippen molar-refractivity contribution in [3.63, 3.8) is 0 Å². The molecule has 1 fully saturated rings. The number of nitrogens with zero attached hydrogens (tertiary/aromatic N) is 4. The van der Waals surface area contributed by atoms with Crippen molar-refractivity contribution in [3.05, 3.63) is 17.0 Å². The zero-order valence-corrected chi connectivity index (χ0v) is 15.0. The second-order valence-electron chi connectivity index (χ2n) is 6.79. The average molecular weight is 305 g/mol. The van der Waals surface area contributed by atoms with Crippen molar-refractivity contribution in [2.24, 2.45) is 23.9 Å². The van der Waals surface area contributed by atoms with E-state index in [4.69, 9.17) is 4.99 Å². The van der Waals surface area contributed by atoms with Crippen LogP contribution in [0.4, 0.5) is 0 Å². The molecule has 1 N–H and O–H groups in total. The van der Waals surface area contributed by atoms with Crippen LogP contribution in [-0.2, 0) is 13.6 Å². The molecule has 0 bridgehead atoms. The number of guanidine groups is 1. The summed E-state index contributed by atoms with van der Waals surface area (Å²) >= 11 is 0. The van der Waals surface area contributed by atoms with E-state index in [0.717, 1.165) is 43.1 Å². The third-order valence-electron chi connectivity index (χ3n) is 4.55. The van der Waals surface area contributed by atoms with Crippen LogP contribution in [0.25, 0.3) is 0 Å².